The number of nitrogens with two attached hydrogens (primary N) is 2. The Morgan fingerprint density at radius 3 is 2.77 bits per heavy atom. The number of nitrogen functional groups attached to an aromatic ring is 1. The minimum atomic E-state index is -0.536. The van der Waals surface area contributed by atoms with E-state index in [4.69, 9.17) is 23.1 Å². The lowest BCUT2D eigenvalue weighted by molar-refractivity contribution is 0.1000. The van der Waals surface area contributed by atoms with Crippen molar-refractivity contribution in [1.82, 2.24) is 15.0 Å². The largest absolute Gasteiger partial charge is 0.383 e. The van der Waals surface area contributed by atoms with Crippen molar-refractivity contribution in [3.05, 3.63) is 65.2 Å². The Hall–Kier alpha value is -3.39. The van der Waals surface area contributed by atoms with Gasteiger partial charge in [-0.15, -0.1) is 0 Å². The third-order valence-corrected chi connectivity index (χ3v) is 4.43. The molecule has 4 rings (SSSR count). The van der Waals surface area contributed by atoms with Crippen molar-refractivity contribution in [3.63, 3.8) is 0 Å². The van der Waals surface area contributed by atoms with Crippen LogP contribution in [0.4, 0.5) is 23.0 Å². The number of carbonyl (C=O) groups is 1. The highest BCUT2D eigenvalue weighted by molar-refractivity contribution is 6.30. The fourth-order valence-electron chi connectivity index (χ4n) is 2.96. The number of aromatic nitrogens is 3. The lowest BCUT2D eigenvalue weighted by atomic mass is 10.2. The van der Waals surface area contributed by atoms with E-state index < -0.39 is 12.1 Å². The molecule has 8 nitrogen and oxygen atoms in total. The Bertz CT molecular complexity index is 990. The highest BCUT2D eigenvalue weighted by atomic mass is 35.5. The molecule has 0 saturated carbocycles. The maximum absolute atomic E-state index is 11.6. The van der Waals surface area contributed by atoms with Gasteiger partial charge in [-0.1, -0.05) is 23.7 Å². The zero-order chi connectivity index (χ0) is 18.3. The van der Waals surface area contributed by atoms with Gasteiger partial charge in [-0.3, -0.25) is 9.69 Å². The molecule has 130 valence electrons. The number of hydrogen-bond acceptors (Lipinski definition) is 7. The second-order valence-corrected chi connectivity index (χ2v) is 6.02. The molecular weight excluding hydrogens is 354 g/mol. The molecule has 1 atom stereocenters. The summed E-state index contributed by atoms with van der Waals surface area (Å²) in [6.45, 7) is 0. The number of nitrogens with zero attached hydrogens (tertiary/aromatic N) is 4. The van der Waals surface area contributed by atoms with Crippen LogP contribution < -0.4 is 21.7 Å². The number of pyridine rings is 1. The number of nitrogens with one attached hydrogen (secondary N) is 1. The monoisotopic (exact) mass is 367 g/mol. The Labute approximate surface area is 153 Å². The number of benzene rings is 1. The summed E-state index contributed by atoms with van der Waals surface area (Å²) < 4.78 is 0. The number of anilines is 4. The Morgan fingerprint density at radius 2 is 2.00 bits per heavy atom. The van der Waals surface area contributed by atoms with E-state index in [0.717, 1.165) is 11.4 Å². The summed E-state index contributed by atoms with van der Waals surface area (Å²) in [6, 6.07) is 10.8. The Morgan fingerprint density at radius 1 is 1.19 bits per heavy atom. The van der Waals surface area contributed by atoms with E-state index in [9.17, 15) is 4.79 Å². The van der Waals surface area contributed by atoms with Gasteiger partial charge in [0.05, 0.1) is 16.9 Å². The van der Waals surface area contributed by atoms with Gasteiger partial charge in [-0.05, 0) is 24.3 Å². The summed E-state index contributed by atoms with van der Waals surface area (Å²) in [7, 11) is 0. The van der Waals surface area contributed by atoms with Crippen LogP contribution in [0.3, 0.4) is 0 Å². The van der Waals surface area contributed by atoms with E-state index in [1.54, 1.807) is 12.1 Å². The maximum atomic E-state index is 11.6. The molecule has 0 fully saturated rings. The van der Waals surface area contributed by atoms with Crippen molar-refractivity contribution >= 4 is 40.5 Å². The van der Waals surface area contributed by atoms with Crippen LogP contribution in [0.15, 0.2) is 48.9 Å². The van der Waals surface area contributed by atoms with Crippen molar-refractivity contribution in [2.24, 2.45) is 5.73 Å². The lowest BCUT2D eigenvalue weighted by Gasteiger charge is -2.27. The molecule has 0 saturated heterocycles. The number of rotatable bonds is 3. The number of primary amides is 1. The van der Waals surface area contributed by atoms with Gasteiger partial charge in [-0.2, -0.15) is 0 Å². The molecule has 2 aromatic heterocycles. The number of fused-ring (bicyclic) bond motifs is 1. The minimum absolute atomic E-state index is 0.235. The predicted molar refractivity (Wildman–Crippen MR) is 99.2 cm³/mol. The summed E-state index contributed by atoms with van der Waals surface area (Å²) >= 11 is 6.29. The van der Waals surface area contributed by atoms with E-state index in [1.165, 1.54) is 12.5 Å². The smallest absolute Gasteiger partial charge is 0.248 e. The summed E-state index contributed by atoms with van der Waals surface area (Å²) in [5.74, 6) is 0.237. The second-order valence-electron chi connectivity index (χ2n) is 5.66. The van der Waals surface area contributed by atoms with Crippen LogP contribution in [0, 0.1) is 0 Å². The van der Waals surface area contributed by atoms with Crippen LogP contribution >= 0.6 is 11.6 Å². The van der Waals surface area contributed by atoms with Crippen molar-refractivity contribution in [2.45, 2.75) is 6.17 Å². The fourth-order valence-corrected chi connectivity index (χ4v) is 3.20. The van der Waals surface area contributed by atoms with Gasteiger partial charge < -0.3 is 16.8 Å². The quantitative estimate of drug-likeness (QED) is 0.607. The topological polar surface area (TPSA) is 123 Å². The molecule has 1 unspecified atom stereocenters. The Balaban J connectivity index is 1.90. The Kier molecular flexibility index (Phi) is 3.81. The van der Waals surface area contributed by atoms with Gasteiger partial charge in [0.1, 0.15) is 29.3 Å². The molecule has 5 N–H and O–H groups in total. The molecule has 3 heterocycles. The molecule has 9 heteroatoms. The standard InChI is InChI=1S/C17H14ClN7O/c18-14-13(15(19)23-8-22-14)17-24-10-3-1-2-4-11(10)25(17)12-7-9(16(20)26)5-6-21-12/h1-8,17,24H,(H2,20,26)(H2,19,22,23). The maximum Gasteiger partial charge on any atom is 0.248 e. The minimum Gasteiger partial charge on any atom is -0.383 e. The normalized spacial score (nSPS) is 15.4. The van der Waals surface area contributed by atoms with Gasteiger partial charge in [0.15, 0.2) is 0 Å². The van der Waals surface area contributed by atoms with E-state index >= 15 is 0 Å². The van der Waals surface area contributed by atoms with Gasteiger partial charge in [-0.25, -0.2) is 15.0 Å². The van der Waals surface area contributed by atoms with E-state index in [1.807, 2.05) is 29.2 Å². The number of carbonyl (C=O) groups excluding carboxylic acids is 1. The molecule has 1 aliphatic heterocycles. The number of amides is 1. The third-order valence-electron chi connectivity index (χ3n) is 4.13. The van der Waals surface area contributed by atoms with Crippen molar-refractivity contribution < 1.29 is 4.79 Å². The molecular formula is C17H14ClN7O. The molecule has 1 amide bonds. The molecule has 3 aromatic rings. The summed E-state index contributed by atoms with van der Waals surface area (Å²) in [5, 5.41) is 3.59. The SMILES string of the molecule is NC(=O)c1ccnc(N2c3ccccc3NC2c2c(N)ncnc2Cl)c1. The molecule has 0 aliphatic carbocycles. The van der Waals surface area contributed by atoms with Crippen LogP contribution in [0.2, 0.25) is 5.15 Å². The van der Waals surface area contributed by atoms with Gasteiger partial charge in [0, 0.05) is 11.8 Å². The van der Waals surface area contributed by atoms with E-state index in [2.05, 4.69) is 20.3 Å². The second kappa shape index (κ2) is 6.16. The number of para-hydroxylation sites is 2. The first kappa shape index (κ1) is 16.1. The van der Waals surface area contributed by atoms with Gasteiger partial charge in [0.2, 0.25) is 5.91 Å². The van der Waals surface area contributed by atoms with Crippen molar-refractivity contribution in [1.29, 1.82) is 0 Å². The highest BCUT2D eigenvalue weighted by Gasteiger charge is 2.35. The van der Waals surface area contributed by atoms with Gasteiger partial charge in [0.25, 0.3) is 0 Å². The lowest BCUT2D eigenvalue weighted by Crippen LogP contribution is -2.26. The summed E-state index contributed by atoms with van der Waals surface area (Å²) in [5.41, 5.74) is 14.1. The molecule has 0 bridgehead atoms. The third kappa shape index (κ3) is 2.56. The number of hydrogen-bond donors (Lipinski definition) is 3. The van der Waals surface area contributed by atoms with Crippen molar-refractivity contribution in [3.8, 4) is 0 Å². The van der Waals surface area contributed by atoms with Crippen LogP contribution in [0.25, 0.3) is 0 Å². The zero-order valence-corrected chi connectivity index (χ0v) is 14.2. The molecule has 1 aromatic carbocycles. The van der Waals surface area contributed by atoms with Crippen LogP contribution in [-0.2, 0) is 0 Å². The van der Waals surface area contributed by atoms with Crippen LogP contribution in [-0.4, -0.2) is 20.9 Å². The van der Waals surface area contributed by atoms with Crippen LogP contribution in [0.5, 0.6) is 0 Å². The average molecular weight is 368 g/mol. The first-order valence-corrected chi connectivity index (χ1v) is 8.10. The molecule has 0 radical (unpaired) electrons. The van der Waals surface area contributed by atoms with Gasteiger partial charge >= 0.3 is 0 Å². The first-order valence-electron chi connectivity index (χ1n) is 7.73. The fraction of sp³-hybridized carbons (Fsp3) is 0.0588. The van der Waals surface area contributed by atoms with E-state index in [-0.39, 0.29) is 11.0 Å². The van der Waals surface area contributed by atoms with Crippen LogP contribution in [0.1, 0.15) is 22.1 Å². The summed E-state index contributed by atoms with van der Waals surface area (Å²) in [4.78, 5) is 25.9. The average Bonchev–Trinajstić information content (AvgIpc) is 3.00. The molecule has 1 aliphatic rings. The predicted octanol–water partition coefficient (Wildman–Crippen LogP) is 2.47. The number of halogens is 1. The molecule has 0 spiro atoms. The summed E-state index contributed by atoms with van der Waals surface area (Å²) in [6.07, 6.45) is 2.34. The van der Waals surface area contributed by atoms with E-state index in [0.29, 0.717) is 16.9 Å². The molecule has 26 heavy (non-hydrogen) atoms. The highest BCUT2D eigenvalue weighted by Crippen LogP contribution is 2.47. The zero-order valence-electron chi connectivity index (χ0n) is 13.4. The first-order chi connectivity index (χ1) is 12.6. The van der Waals surface area contributed by atoms with Crippen molar-refractivity contribution in [2.75, 3.05) is 16.0 Å².